The maximum Gasteiger partial charge on any atom is -0.0246 e. The summed E-state index contributed by atoms with van der Waals surface area (Å²) in [6.45, 7) is 7.63. The highest BCUT2D eigenvalue weighted by molar-refractivity contribution is 4.97. The lowest BCUT2D eigenvalue weighted by molar-refractivity contribution is -0.0125. The molecule has 0 N–H and O–H groups in total. The third-order valence-electron chi connectivity index (χ3n) is 5.55. The minimum absolute atomic E-state index is 0.592. The van der Waals surface area contributed by atoms with Crippen LogP contribution in [-0.4, -0.2) is 0 Å². The summed E-state index contributed by atoms with van der Waals surface area (Å²) in [7, 11) is 0. The summed E-state index contributed by atoms with van der Waals surface area (Å²) in [6.07, 6.45) is 11.9. The molecule has 0 aromatic carbocycles. The Labute approximate surface area is 89.5 Å². The van der Waals surface area contributed by atoms with Crippen LogP contribution in [0.15, 0.2) is 0 Å². The topological polar surface area (TPSA) is 0 Å². The summed E-state index contributed by atoms with van der Waals surface area (Å²) in [4.78, 5) is 0. The van der Waals surface area contributed by atoms with Crippen LogP contribution in [-0.2, 0) is 0 Å². The second-order valence-electron chi connectivity index (χ2n) is 6.49. The van der Waals surface area contributed by atoms with E-state index in [1.165, 1.54) is 51.4 Å². The van der Waals surface area contributed by atoms with Crippen molar-refractivity contribution in [2.24, 2.45) is 16.7 Å². The molecule has 0 spiro atoms. The SMILES string of the molecule is CC1(C)CCCCC2CCCCC21C. The van der Waals surface area contributed by atoms with Crippen LogP contribution in [0, 0.1) is 16.7 Å². The van der Waals surface area contributed by atoms with Crippen molar-refractivity contribution in [2.75, 3.05) is 0 Å². The Balaban J connectivity index is 2.26. The quantitative estimate of drug-likeness (QED) is 0.520. The van der Waals surface area contributed by atoms with Gasteiger partial charge in [-0.3, -0.25) is 0 Å². The molecule has 2 atom stereocenters. The molecule has 0 nitrogen and oxygen atoms in total. The average Bonchev–Trinajstić information content (AvgIpc) is 2.25. The zero-order valence-corrected chi connectivity index (χ0v) is 10.2. The normalized spacial score (nSPS) is 42.6. The lowest BCUT2D eigenvalue weighted by Crippen LogP contribution is -2.42. The molecule has 0 bridgehead atoms. The fourth-order valence-corrected chi connectivity index (χ4v) is 4.00. The summed E-state index contributed by atoms with van der Waals surface area (Å²) in [5.41, 5.74) is 1.25. The second kappa shape index (κ2) is 3.54. The predicted octanol–water partition coefficient (Wildman–Crippen LogP) is 4.78. The van der Waals surface area contributed by atoms with Crippen molar-refractivity contribution >= 4 is 0 Å². The van der Waals surface area contributed by atoms with Gasteiger partial charge in [0.25, 0.3) is 0 Å². The highest BCUT2D eigenvalue weighted by Gasteiger charge is 2.47. The molecule has 0 saturated heterocycles. The van der Waals surface area contributed by atoms with E-state index in [2.05, 4.69) is 20.8 Å². The zero-order valence-electron chi connectivity index (χ0n) is 10.2. The Morgan fingerprint density at radius 3 is 2.00 bits per heavy atom. The van der Waals surface area contributed by atoms with Crippen molar-refractivity contribution in [2.45, 2.75) is 72.1 Å². The standard InChI is InChI=1S/C14H26/c1-13(2)10-6-4-8-12-9-5-7-11-14(12,13)3/h12H,4-11H2,1-3H3. The molecule has 2 rings (SSSR count). The van der Waals surface area contributed by atoms with Crippen LogP contribution in [0.25, 0.3) is 0 Å². The molecular weight excluding hydrogens is 168 g/mol. The molecular formula is C14H26. The first-order valence-electron chi connectivity index (χ1n) is 6.56. The second-order valence-corrected chi connectivity index (χ2v) is 6.49. The summed E-state index contributed by atoms with van der Waals surface area (Å²) < 4.78 is 0. The van der Waals surface area contributed by atoms with Gasteiger partial charge in [0.1, 0.15) is 0 Å². The van der Waals surface area contributed by atoms with Gasteiger partial charge < -0.3 is 0 Å². The largest absolute Gasteiger partial charge is 0.0594 e. The molecule has 0 heteroatoms. The molecule has 0 aromatic rings. The van der Waals surface area contributed by atoms with Crippen molar-refractivity contribution < 1.29 is 0 Å². The number of hydrogen-bond acceptors (Lipinski definition) is 0. The summed E-state index contributed by atoms with van der Waals surface area (Å²) in [6, 6.07) is 0. The van der Waals surface area contributed by atoms with E-state index in [9.17, 15) is 0 Å². The molecule has 2 saturated carbocycles. The minimum atomic E-state index is 0.592. The van der Waals surface area contributed by atoms with Gasteiger partial charge in [-0.1, -0.05) is 46.5 Å². The van der Waals surface area contributed by atoms with E-state index in [4.69, 9.17) is 0 Å². The number of fused-ring (bicyclic) bond motifs is 1. The van der Waals surface area contributed by atoms with Crippen LogP contribution in [0.4, 0.5) is 0 Å². The van der Waals surface area contributed by atoms with Gasteiger partial charge in [-0.25, -0.2) is 0 Å². The van der Waals surface area contributed by atoms with Gasteiger partial charge in [-0.2, -0.15) is 0 Å². The molecule has 0 heterocycles. The van der Waals surface area contributed by atoms with E-state index in [0.29, 0.717) is 10.8 Å². The van der Waals surface area contributed by atoms with Crippen molar-refractivity contribution in [3.05, 3.63) is 0 Å². The van der Waals surface area contributed by atoms with Crippen LogP contribution < -0.4 is 0 Å². The van der Waals surface area contributed by atoms with Crippen LogP contribution in [0.3, 0.4) is 0 Å². The summed E-state index contributed by atoms with van der Waals surface area (Å²) in [5, 5.41) is 0. The van der Waals surface area contributed by atoms with Crippen LogP contribution in [0.5, 0.6) is 0 Å². The van der Waals surface area contributed by atoms with Gasteiger partial charge in [0.15, 0.2) is 0 Å². The van der Waals surface area contributed by atoms with E-state index in [1.807, 2.05) is 0 Å². The summed E-state index contributed by atoms with van der Waals surface area (Å²) in [5.74, 6) is 1.04. The Bertz CT molecular complexity index is 204. The molecule has 0 aromatic heterocycles. The number of rotatable bonds is 0. The first kappa shape index (κ1) is 10.5. The van der Waals surface area contributed by atoms with Gasteiger partial charge in [0.05, 0.1) is 0 Å². The molecule has 0 aliphatic heterocycles. The maximum absolute atomic E-state index is 2.59. The van der Waals surface area contributed by atoms with Gasteiger partial charge in [-0.15, -0.1) is 0 Å². The molecule has 2 aliphatic rings. The van der Waals surface area contributed by atoms with Gasteiger partial charge in [0.2, 0.25) is 0 Å². The van der Waals surface area contributed by atoms with Crippen molar-refractivity contribution in [1.82, 2.24) is 0 Å². The fraction of sp³-hybridized carbons (Fsp3) is 1.00. The van der Waals surface area contributed by atoms with Gasteiger partial charge >= 0.3 is 0 Å². The Morgan fingerprint density at radius 1 is 0.786 bits per heavy atom. The number of hydrogen-bond donors (Lipinski definition) is 0. The molecule has 2 unspecified atom stereocenters. The van der Waals surface area contributed by atoms with Crippen molar-refractivity contribution in [1.29, 1.82) is 0 Å². The van der Waals surface area contributed by atoms with E-state index < -0.39 is 0 Å². The minimum Gasteiger partial charge on any atom is -0.0594 e. The molecule has 2 fully saturated rings. The van der Waals surface area contributed by atoms with Crippen LogP contribution in [0.1, 0.15) is 72.1 Å². The van der Waals surface area contributed by atoms with Gasteiger partial charge in [0, 0.05) is 0 Å². The lowest BCUT2D eigenvalue weighted by Gasteiger charge is -2.51. The molecule has 82 valence electrons. The van der Waals surface area contributed by atoms with Crippen LogP contribution in [0.2, 0.25) is 0 Å². The van der Waals surface area contributed by atoms with E-state index in [-0.39, 0.29) is 0 Å². The van der Waals surface area contributed by atoms with E-state index >= 15 is 0 Å². The first-order chi connectivity index (χ1) is 6.56. The third-order valence-corrected chi connectivity index (χ3v) is 5.55. The fourth-order valence-electron chi connectivity index (χ4n) is 4.00. The smallest absolute Gasteiger partial charge is 0.0246 e. The van der Waals surface area contributed by atoms with Gasteiger partial charge in [-0.05, 0) is 42.4 Å². The van der Waals surface area contributed by atoms with E-state index in [0.717, 1.165) is 5.92 Å². The highest BCUT2D eigenvalue weighted by Crippen LogP contribution is 2.57. The monoisotopic (exact) mass is 194 g/mol. The molecule has 14 heavy (non-hydrogen) atoms. The average molecular weight is 194 g/mol. The molecule has 0 radical (unpaired) electrons. The lowest BCUT2D eigenvalue weighted by atomic mass is 9.54. The Morgan fingerprint density at radius 2 is 1.36 bits per heavy atom. The van der Waals surface area contributed by atoms with E-state index in [1.54, 1.807) is 0 Å². The first-order valence-corrected chi connectivity index (χ1v) is 6.56. The summed E-state index contributed by atoms with van der Waals surface area (Å²) >= 11 is 0. The third kappa shape index (κ3) is 1.51. The zero-order chi connectivity index (χ0) is 10.2. The van der Waals surface area contributed by atoms with Crippen molar-refractivity contribution in [3.63, 3.8) is 0 Å². The Kier molecular flexibility index (Phi) is 2.66. The predicted molar refractivity (Wildman–Crippen MR) is 62.3 cm³/mol. The van der Waals surface area contributed by atoms with Crippen LogP contribution >= 0.6 is 0 Å². The Hall–Kier alpha value is 0. The highest BCUT2D eigenvalue weighted by atomic mass is 14.5. The van der Waals surface area contributed by atoms with Crippen molar-refractivity contribution in [3.8, 4) is 0 Å². The molecule has 0 amide bonds. The maximum atomic E-state index is 2.59. The molecule has 2 aliphatic carbocycles.